The van der Waals surface area contributed by atoms with Crippen LogP contribution >= 0.6 is 11.8 Å². The fourth-order valence-corrected chi connectivity index (χ4v) is 3.83. The number of benzene rings is 1. The summed E-state index contributed by atoms with van der Waals surface area (Å²) in [6.45, 7) is 8.39. The molecule has 1 aromatic rings. The Balaban J connectivity index is 2.44. The van der Waals surface area contributed by atoms with E-state index in [1.165, 1.54) is 28.5 Å². The summed E-state index contributed by atoms with van der Waals surface area (Å²) >= 11 is 1.37. The average molecular weight is 466 g/mol. The van der Waals surface area contributed by atoms with Gasteiger partial charge in [0, 0.05) is 23.1 Å². The van der Waals surface area contributed by atoms with Crippen LogP contribution < -0.4 is 5.32 Å². The highest BCUT2D eigenvalue weighted by molar-refractivity contribution is 7.99. The lowest BCUT2D eigenvalue weighted by Gasteiger charge is -2.14. The fraction of sp³-hybridized carbons (Fsp3) is 0.440. The van der Waals surface area contributed by atoms with Crippen LogP contribution in [-0.2, 0) is 4.79 Å². The molecule has 0 saturated carbocycles. The molecule has 1 rings (SSSR count). The predicted molar refractivity (Wildman–Crippen MR) is 128 cm³/mol. The Morgan fingerprint density at radius 3 is 2.09 bits per heavy atom. The first-order chi connectivity index (χ1) is 15.1. The van der Waals surface area contributed by atoms with E-state index in [1.807, 2.05) is 6.92 Å². The molecule has 0 aliphatic carbocycles. The van der Waals surface area contributed by atoms with Crippen LogP contribution in [0.5, 0.6) is 0 Å². The lowest BCUT2D eigenvalue weighted by atomic mass is 10.1. The van der Waals surface area contributed by atoms with Crippen LogP contribution in [0, 0.1) is 11.6 Å². The van der Waals surface area contributed by atoms with E-state index >= 15 is 0 Å². The molecule has 0 spiro atoms. The van der Waals surface area contributed by atoms with E-state index in [4.69, 9.17) is 0 Å². The summed E-state index contributed by atoms with van der Waals surface area (Å²) in [7, 11) is 0. The quantitative estimate of drug-likeness (QED) is 0.265. The van der Waals surface area contributed by atoms with Gasteiger partial charge in [0.25, 0.3) is 5.91 Å². The first-order valence-electron chi connectivity index (χ1n) is 10.6. The molecule has 0 bridgehead atoms. The van der Waals surface area contributed by atoms with Crippen molar-refractivity contribution in [3.05, 3.63) is 70.3 Å². The van der Waals surface area contributed by atoms with Gasteiger partial charge in [-0.3, -0.25) is 4.79 Å². The molecule has 32 heavy (non-hydrogen) atoms. The molecule has 0 fully saturated rings. The molecule has 0 saturated heterocycles. The summed E-state index contributed by atoms with van der Waals surface area (Å²) in [6, 6.07) is 1.24. The number of halogens is 2. The smallest absolute Gasteiger partial charge is 0.327 e. The molecule has 1 aromatic carbocycles. The van der Waals surface area contributed by atoms with E-state index in [0.29, 0.717) is 11.8 Å². The van der Waals surface area contributed by atoms with Crippen molar-refractivity contribution in [3.8, 4) is 0 Å². The minimum Gasteiger partial charge on any atom is -0.480 e. The third-order valence-electron chi connectivity index (χ3n) is 4.69. The zero-order chi connectivity index (χ0) is 24.1. The van der Waals surface area contributed by atoms with Gasteiger partial charge in [-0.15, -0.1) is 0 Å². The summed E-state index contributed by atoms with van der Waals surface area (Å²) in [4.78, 5) is 23.6. The van der Waals surface area contributed by atoms with E-state index in [2.05, 4.69) is 44.3 Å². The predicted octanol–water partition coefficient (Wildman–Crippen LogP) is 6.30. The number of hydrogen-bond donors (Lipinski definition) is 2. The number of thioether (sulfide) groups is 1. The number of allylic oxidation sites excluding steroid dienone is 5. The third-order valence-corrected chi connectivity index (χ3v) is 5.66. The maximum atomic E-state index is 13.3. The molecule has 0 unspecified atom stereocenters. The molecule has 0 aliphatic rings. The van der Waals surface area contributed by atoms with Gasteiger partial charge in [-0.05, 0) is 65.5 Å². The minimum atomic E-state index is -1.20. The van der Waals surface area contributed by atoms with Crippen LogP contribution in [0.2, 0.25) is 0 Å². The molecule has 4 nitrogen and oxygen atoms in total. The maximum absolute atomic E-state index is 13.3. The van der Waals surface area contributed by atoms with Gasteiger partial charge in [0.2, 0.25) is 0 Å². The standard InChI is InChI=1S/C25H33F2NO3S/c1-17(2)7-5-8-18(3)9-6-10-19(4)11-12-32-16-23(25(30)31)28-24(29)20-13-21(26)15-22(27)14-20/h7,9,11,13-15,23H,5-6,8,10,12,16H2,1-4H3,(H,28,29)(H,30,31)/b18-9+,19-11+/t23-/m0/s1. The number of amides is 1. The van der Waals surface area contributed by atoms with Crippen molar-refractivity contribution in [2.45, 2.75) is 59.4 Å². The van der Waals surface area contributed by atoms with E-state index in [9.17, 15) is 23.5 Å². The maximum Gasteiger partial charge on any atom is 0.327 e. The van der Waals surface area contributed by atoms with Crippen LogP contribution in [0.1, 0.15) is 63.7 Å². The molecule has 1 amide bonds. The van der Waals surface area contributed by atoms with Crippen molar-refractivity contribution in [1.29, 1.82) is 0 Å². The van der Waals surface area contributed by atoms with E-state index in [0.717, 1.165) is 37.8 Å². The monoisotopic (exact) mass is 465 g/mol. The van der Waals surface area contributed by atoms with Gasteiger partial charge in [0.1, 0.15) is 17.7 Å². The molecular formula is C25H33F2NO3S. The number of hydrogen-bond acceptors (Lipinski definition) is 3. The van der Waals surface area contributed by atoms with E-state index in [-0.39, 0.29) is 11.3 Å². The van der Waals surface area contributed by atoms with Crippen LogP contribution in [0.15, 0.2) is 53.1 Å². The summed E-state index contributed by atoms with van der Waals surface area (Å²) in [5, 5.41) is 11.7. The zero-order valence-corrected chi connectivity index (χ0v) is 20.0. The molecule has 0 heterocycles. The first kappa shape index (κ1) is 27.6. The third kappa shape index (κ3) is 11.8. The Morgan fingerprint density at radius 2 is 1.53 bits per heavy atom. The molecule has 0 aliphatic heterocycles. The van der Waals surface area contributed by atoms with Gasteiger partial charge in [-0.25, -0.2) is 13.6 Å². The van der Waals surface area contributed by atoms with Gasteiger partial charge >= 0.3 is 5.97 Å². The Morgan fingerprint density at radius 1 is 0.969 bits per heavy atom. The molecule has 7 heteroatoms. The number of carbonyl (C=O) groups excluding carboxylic acids is 1. The second-order valence-electron chi connectivity index (χ2n) is 8.02. The lowest BCUT2D eigenvalue weighted by Crippen LogP contribution is -2.42. The summed E-state index contributed by atoms with van der Waals surface area (Å²) in [5.41, 5.74) is 3.68. The Labute approximate surface area is 193 Å². The topological polar surface area (TPSA) is 66.4 Å². The lowest BCUT2D eigenvalue weighted by molar-refractivity contribution is -0.138. The molecule has 0 aromatic heterocycles. The normalized spacial score (nSPS) is 12.9. The number of carboxylic acid groups (broad SMARTS) is 1. The second kappa shape index (κ2) is 14.6. The van der Waals surface area contributed by atoms with Crippen molar-refractivity contribution >= 4 is 23.6 Å². The first-order valence-corrected chi connectivity index (χ1v) is 11.8. The van der Waals surface area contributed by atoms with Crippen molar-refractivity contribution < 1.29 is 23.5 Å². The van der Waals surface area contributed by atoms with Crippen LogP contribution in [0.3, 0.4) is 0 Å². The average Bonchev–Trinajstić information content (AvgIpc) is 2.68. The van der Waals surface area contributed by atoms with Crippen molar-refractivity contribution in [3.63, 3.8) is 0 Å². The largest absolute Gasteiger partial charge is 0.480 e. The number of aliphatic carboxylic acids is 1. The SMILES string of the molecule is CC(C)=CCC/C(C)=C/CC/C(C)=C/CSC[C@H](NC(=O)c1cc(F)cc(F)c1)C(=O)O. The Hall–Kier alpha value is -2.41. The molecule has 0 radical (unpaired) electrons. The zero-order valence-electron chi connectivity index (χ0n) is 19.2. The molecular weight excluding hydrogens is 432 g/mol. The second-order valence-corrected chi connectivity index (χ2v) is 9.09. The van der Waals surface area contributed by atoms with Gasteiger partial charge in [0.05, 0.1) is 0 Å². The van der Waals surface area contributed by atoms with Gasteiger partial charge in [-0.1, -0.05) is 34.9 Å². The van der Waals surface area contributed by atoms with Gasteiger partial charge in [-0.2, -0.15) is 11.8 Å². The van der Waals surface area contributed by atoms with E-state index in [1.54, 1.807) is 0 Å². The molecule has 2 N–H and O–H groups in total. The van der Waals surface area contributed by atoms with Crippen molar-refractivity contribution in [2.75, 3.05) is 11.5 Å². The van der Waals surface area contributed by atoms with Crippen molar-refractivity contribution in [1.82, 2.24) is 5.32 Å². The van der Waals surface area contributed by atoms with Crippen LogP contribution in [0.25, 0.3) is 0 Å². The van der Waals surface area contributed by atoms with Crippen LogP contribution in [0.4, 0.5) is 8.78 Å². The van der Waals surface area contributed by atoms with Gasteiger partial charge < -0.3 is 10.4 Å². The summed E-state index contributed by atoms with van der Waals surface area (Å²) in [5.74, 6) is -3.05. The number of carbonyl (C=O) groups is 2. The summed E-state index contributed by atoms with van der Waals surface area (Å²) < 4.78 is 26.5. The molecule has 176 valence electrons. The van der Waals surface area contributed by atoms with Gasteiger partial charge in [0.15, 0.2) is 0 Å². The highest BCUT2D eigenvalue weighted by Crippen LogP contribution is 2.14. The Kier molecular flexibility index (Phi) is 12.6. The number of carboxylic acids is 1. The van der Waals surface area contributed by atoms with E-state index < -0.39 is 29.6 Å². The Bertz CT molecular complexity index is 854. The highest BCUT2D eigenvalue weighted by Gasteiger charge is 2.21. The number of rotatable bonds is 13. The molecule has 1 atom stereocenters. The fourth-order valence-electron chi connectivity index (χ4n) is 2.83. The number of nitrogens with one attached hydrogen (secondary N) is 1. The van der Waals surface area contributed by atoms with Crippen molar-refractivity contribution in [2.24, 2.45) is 0 Å². The van der Waals surface area contributed by atoms with Crippen LogP contribution in [-0.4, -0.2) is 34.5 Å². The summed E-state index contributed by atoms with van der Waals surface area (Å²) in [6.07, 6.45) is 10.6. The highest BCUT2D eigenvalue weighted by atomic mass is 32.2. The minimum absolute atomic E-state index is 0.145.